The SMILES string of the molecule is CC(=O)Nc1cccc(NC(=O)CSc2nccc(C(F)(F)F)n2)c1. The van der Waals surface area contributed by atoms with E-state index in [0.29, 0.717) is 11.4 Å². The van der Waals surface area contributed by atoms with E-state index in [1.807, 2.05) is 0 Å². The molecule has 0 radical (unpaired) electrons. The van der Waals surface area contributed by atoms with E-state index in [9.17, 15) is 22.8 Å². The smallest absolute Gasteiger partial charge is 0.326 e. The fourth-order valence-electron chi connectivity index (χ4n) is 1.77. The van der Waals surface area contributed by atoms with Gasteiger partial charge in [0, 0.05) is 24.5 Å². The third-order valence-electron chi connectivity index (χ3n) is 2.72. The van der Waals surface area contributed by atoms with Crippen molar-refractivity contribution < 1.29 is 22.8 Å². The zero-order valence-corrected chi connectivity index (χ0v) is 13.7. The summed E-state index contributed by atoms with van der Waals surface area (Å²) in [5.41, 5.74) is -0.102. The average molecular weight is 370 g/mol. The highest BCUT2D eigenvalue weighted by Crippen LogP contribution is 2.28. The Bertz CT molecular complexity index is 783. The number of thioether (sulfide) groups is 1. The number of carbonyl (C=O) groups excluding carboxylic acids is 2. The predicted molar refractivity (Wildman–Crippen MR) is 87.1 cm³/mol. The predicted octanol–water partition coefficient (Wildman–Crippen LogP) is 3.18. The average Bonchev–Trinajstić information content (AvgIpc) is 2.52. The topological polar surface area (TPSA) is 84.0 Å². The van der Waals surface area contributed by atoms with Crippen LogP contribution in [0.2, 0.25) is 0 Å². The van der Waals surface area contributed by atoms with E-state index in [4.69, 9.17) is 0 Å². The van der Waals surface area contributed by atoms with Crippen molar-refractivity contribution in [1.29, 1.82) is 0 Å². The molecule has 2 rings (SSSR count). The van der Waals surface area contributed by atoms with Crippen LogP contribution in [0.3, 0.4) is 0 Å². The minimum atomic E-state index is -4.56. The third-order valence-corrected chi connectivity index (χ3v) is 3.58. The molecular weight excluding hydrogens is 357 g/mol. The van der Waals surface area contributed by atoms with E-state index < -0.39 is 17.8 Å². The summed E-state index contributed by atoms with van der Waals surface area (Å²) in [5.74, 6) is -0.849. The molecule has 0 saturated carbocycles. The molecule has 0 atom stereocenters. The molecule has 0 saturated heterocycles. The molecule has 1 heterocycles. The van der Waals surface area contributed by atoms with Crippen LogP contribution >= 0.6 is 11.8 Å². The normalized spacial score (nSPS) is 11.0. The quantitative estimate of drug-likeness (QED) is 0.624. The van der Waals surface area contributed by atoms with Crippen LogP contribution in [0.15, 0.2) is 41.7 Å². The lowest BCUT2D eigenvalue weighted by Gasteiger charge is -2.08. The molecule has 0 aliphatic rings. The summed E-state index contributed by atoms with van der Waals surface area (Å²) in [6.07, 6.45) is -3.57. The Morgan fingerprint density at radius 3 is 2.48 bits per heavy atom. The molecule has 25 heavy (non-hydrogen) atoms. The van der Waals surface area contributed by atoms with Crippen LogP contribution in [0.1, 0.15) is 12.6 Å². The molecule has 1 aromatic heterocycles. The van der Waals surface area contributed by atoms with Gasteiger partial charge in [-0.2, -0.15) is 13.2 Å². The van der Waals surface area contributed by atoms with Gasteiger partial charge in [-0.25, -0.2) is 9.97 Å². The number of carbonyl (C=O) groups is 2. The number of nitrogens with one attached hydrogen (secondary N) is 2. The first-order valence-corrected chi connectivity index (χ1v) is 7.93. The number of halogens is 3. The molecule has 0 fully saturated rings. The molecule has 6 nitrogen and oxygen atoms in total. The van der Waals surface area contributed by atoms with Crippen molar-refractivity contribution in [3.05, 3.63) is 42.2 Å². The summed E-state index contributed by atoms with van der Waals surface area (Å²) < 4.78 is 37.7. The van der Waals surface area contributed by atoms with Gasteiger partial charge in [0.15, 0.2) is 5.16 Å². The molecule has 0 aliphatic heterocycles. The third kappa shape index (κ3) is 6.07. The van der Waals surface area contributed by atoms with E-state index >= 15 is 0 Å². The van der Waals surface area contributed by atoms with Crippen molar-refractivity contribution >= 4 is 35.0 Å². The number of hydrogen-bond donors (Lipinski definition) is 2. The number of benzene rings is 1. The van der Waals surface area contributed by atoms with Gasteiger partial charge < -0.3 is 10.6 Å². The Kier molecular flexibility index (Phi) is 5.97. The fourth-order valence-corrected chi connectivity index (χ4v) is 2.40. The Hall–Kier alpha value is -2.62. The first-order chi connectivity index (χ1) is 11.7. The number of nitrogens with zero attached hydrogens (tertiary/aromatic N) is 2. The molecule has 2 aromatic rings. The van der Waals surface area contributed by atoms with Crippen molar-refractivity contribution in [3.63, 3.8) is 0 Å². The molecule has 2 amide bonds. The van der Waals surface area contributed by atoms with Gasteiger partial charge in [-0.05, 0) is 24.3 Å². The van der Waals surface area contributed by atoms with Crippen molar-refractivity contribution in [1.82, 2.24) is 9.97 Å². The Morgan fingerprint density at radius 1 is 1.16 bits per heavy atom. The number of amides is 2. The fraction of sp³-hybridized carbons (Fsp3) is 0.200. The van der Waals surface area contributed by atoms with E-state index in [1.165, 1.54) is 6.92 Å². The van der Waals surface area contributed by atoms with Crippen molar-refractivity contribution in [2.24, 2.45) is 0 Å². The maximum absolute atomic E-state index is 12.6. The second-order valence-corrected chi connectivity index (χ2v) is 5.76. The van der Waals surface area contributed by atoms with E-state index in [0.717, 1.165) is 24.0 Å². The zero-order chi connectivity index (χ0) is 18.4. The van der Waals surface area contributed by atoms with Crippen LogP contribution in [0.25, 0.3) is 0 Å². The maximum Gasteiger partial charge on any atom is 0.433 e. The van der Waals surface area contributed by atoms with Gasteiger partial charge in [0.25, 0.3) is 0 Å². The lowest BCUT2D eigenvalue weighted by molar-refractivity contribution is -0.141. The van der Waals surface area contributed by atoms with Gasteiger partial charge in [0.05, 0.1) is 5.75 Å². The highest BCUT2D eigenvalue weighted by Gasteiger charge is 2.32. The number of rotatable bonds is 5. The summed E-state index contributed by atoms with van der Waals surface area (Å²) in [5, 5.41) is 5.01. The highest BCUT2D eigenvalue weighted by atomic mass is 32.2. The number of anilines is 2. The number of aromatic nitrogens is 2. The first-order valence-electron chi connectivity index (χ1n) is 6.94. The lowest BCUT2D eigenvalue weighted by Crippen LogP contribution is -2.15. The van der Waals surface area contributed by atoms with Crippen LogP contribution in [-0.4, -0.2) is 27.5 Å². The summed E-state index contributed by atoms with van der Waals surface area (Å²) in [6.45, 7) is 1.36. The molecular formula is C15H13F3N4O2S. The summed E-state index contributed by atoms with van der Waals surface area (Å²) >= 11 is 0.789. The van der Waals surface area contributed by atoms with Crippen molar-refractivity contribution in [2.75, 3.05) is 16.4 Å². The summed E-state index contributed by atoms with van der Waals surface area (Å²) in [6, 6.07) is 7.24. The van der Waals surface area contributed by atoms with E-state index in [-0.39, 0.29) is 16.8 Å². The standard InChI is InChI=1S/C15H13F3N4O2S/c1-9(23)20-10-3-2-4-11(7-10)21-13(24)8-25-14-19-6-5-12(22-14)15(16,17)18/h2-7H,8H2,1H3,(H,20,23)(H,21,24). The van der Waals surface area contributed by atoms with Gasteiger partial charge in [0.1, 0.15) is 5.69 Å². The van der Waals surface area contributed by atoms with E-state index in [2.05, 4.69) is 20.6 Å². The summed E-state index contributed by atoms with van der Waals surface area (Å²) in [4.78, 5) is 30.0. The highest BCUT2D eigenvalue weighted by molar-refractivity contribution is 7.99. The Morgan fingerprint density at radius 2 is 1.84 bits per heavy atom. The molecule has 0 aliphatic carbocycles. The summed E-state index contributed by atoms with van der Waals surface area (Å²) in [7, 11) is 0. The van der Waals surface area contributed by atoms with Gasteiger partial charge in [-0.3, -0.25) is 9.59 Å². The Balaban J connectivity index is 1.94. The van der Waals surface area contributed by atoms with Crippen molar-refractivity contribution in [3.8, 4) is 0 Å². The van der Waals surface area contributed by atoms with Crippen LogP contribution in [0, 0.1) is 0 Å². The molecule has 1 aromatic carbocycles. The minimum Gasteiger partial charge on any atom is -0.326 e. The van der Waals surface area contributed by atoms with Crippen LogP contribution < -0.4 is 10.6 Å². The number of hydrogen-bond acceptors (Lipinski definition) is 5. The molecule has 0 bridgehead atoms. The zero-order valence-electron chi connectivity index (χ0n) is 12.9. The van der Waals surface area contributed by atoms with Crippen LogP contribution in [0.4, 0.5) is 24.5 Å². The molecule has 132 valence electrons. The maximum atomic E-state index is 12.6. The van der Waals surface area contributed by atoms with Crippen LogP contribution in [0.5, 0.6) is 0 Å². The molecule has 10 heteroatoms. The monoisotopic (exact) mass is 370 g/mol. The van der Waals surface area contributed by atoms with Gasteiger partial charge in [-0.1, -0.05) is 17.8 Å². The first kappa shape index (κ1) is 18.7. The van der Waals surface area contributed by atoms with Gasteiger partial charge in [0.2, 0.25) is 11.8 Å². The molecule has 2 N–H and O–H groups in total. The van der Waals surface area contributed by atoms with Crippen LogP contribution in [-0.2, 0) is 15.8 Å². The van der Waals surface area contributed by atoms with Gasteiger partial charge in [-0.15, -0.1) is 0 Å². The second kappa shape index (κ2) is 7.97. The molecule has 0 spiro atoms. The van der Waals surface area contributed by atoms with Crippen molar-refractivity contribution in [2.45, 2.75) is 18.3 Å². The van der Waals surface area contributed by atoms with E-state index in [1.54, 1.807) is 24.3 Å². The lowest BCUT2D eigenvalue weighted by atomic mass is 10.2. The van der Waals surface area contributed by atoms with Gasteiger partial charge >= 0.3 is 6.18 Å². The Labute approximate surface area is 145 Å². The molecule has 0 unspecified atom stereocenters. The number of alkyl halides is 3. The second-order valence-electron chi connectivity index (χ2n) is 4.82. The minimum absolute atomic E-state index is 0.142. The largest absolute Gasteiger partial charge is 0.433 e.